The zero-order valence-corrected chi connectivity index (χ0v) is 17.5. The highest BCUT2D eigenvalue weighted by atomic mass is 19.4. The topological polar surface area (TPSA) is 24.5 Å². The first-order valence-corrected chi connectivity index (χ1v) is 10.7. The van der Waals surface area contributed by atoms with Crippen molar-refractivity contribution in [3.05, 3.63) is 77.9 Å². The minimum absolute atomic E-state index is 0.0447. The maximum absolute atomic E-state index is 12.8. The Kier molecular flexibility index (Phi) is 6.49. The van der Waals surface area contributed by atoms with Crippen molar-refractivity contribution in [1.29, 1.82) is 0 Å². The average Bonchev–Trinajstić information content (AvgIpc) is 2.78. The van der Waals surface area contributed by atoms with E-state index in [0.29, 0.717) is 19.7 Å². The first-order valence-electron chi connectivity index (χ1n) is 10.7. The number of alkyl halides is 3. The normalized spacial score (nSPS) is 18.3. The second kappa shape index (κ2) is 9.28. The number of ether oxygens (including phenoxy) is 1. The third-order valence-electron chi connectivity index (χ3n) is 5.91. The predicted octanol–water partition coefficient (Wildman–Crippen LogP) is 5.80. The Morgan fingerprint density at radius 2 is 1.77 bits per heavy atom. The minimum Gasteiger partial charge on any atom is -0.374 e. The Morgan fingerprint density at radius 1 is 1.03 bits per heavy atom. The van der Waals surface area contributed by atoms with E-state index < -0.39 is 11.7 Å². The van der Waals surface area contributed by atoms with Gasteiger partial charge in [0.15, 0.2) is 0 Å². The Morgan fingerprint density at radius 3 is 2.55 bits per heavy atom. The SMILES string of the molecule is CC(NCCC1CN(c2ccc(C(F)(F)F)cc2)CCO1)c1cccc2ccccc12. The molecule has 0 amide bonds. The number of benzene rings is 3. The second-order valence-electron chi connectivity index (χ2n) is 8.02. The number of fused-ring (bicyclic) bond motifs is 1. The number of rotatable bonds is 6. The van der Waals surface area contributed by atoms with E-state index >= 15 is 0 Å². The number of morpholine rings is 1. The molecule has 0 aromatic heterocycles. The lowest BCUT2D eigenvalue weighted by atomic mass is 9.99. The molecule has 31 heavy (non-hydrogen) atoms. The Balaban J connectivity index is 1.32. The maximum Gasteiger partial charge on any atom is 0.416 e. The fraction of sp³-hybridized carbons (Fsp3) is 0.360. The van der Waals surface area contributed by atoms with E-state index in [0.717, 1.165) is 30.8 Å². The molecule has 0 saturated carbocycles. The fourth-order valence-corrected chi connectivity index (χ4v) is 4.19. The van der Waals surface area contributed by atoms with Crippen LogP contribution < -0.4 is 10.2 Å². The van der Waals surface area contributed by atoms with Crippen LogP contribution >= 0.6 is 0 Å². The smallest absolute Gasteiger partial charge is 0.374 e. The number of anilines is 1. The second-order valence-corrected chi connectivity index (χ2v) is 8.02. The van der Waals surface area contributed by atoms with Gasteiger partial charge in [0.1, 0.15) is 0 Å². The standard InChI is InChI=1S/C25H27F3N2O/c1-18(23-8-4-6-19-5-2-3-7-24(19)23)29-14-13-22-17-30(15-16-31-22)21-11-9-20(10-12-21)25(26,27)28/h2-12,18,22,29H,13-17H2,1H3. The molecule has 1 fully saturated rings. The molecule has 2 atom stereocenters. The van der Waals surface area contributed by atoms with Crippen LogP contribution in [0, 0.1) is 0 Å². The van der Waals surface area contributed by atoms with Gasteiger partial charge in [-0.05, 0) is 60.5 Å². The summed E-state index contributed by atoms with van der Waals surface area (Å²) in [5.74, 6) is 0. The summed E-state index contributed by atoms with van der Waals surface area (Å²) in [4.78, 5) is 2.10. The van der Waals surface area contributed by atoms with Gasteiger partial charge < -0.3 is 15.0 Å². The van der Waals surface area contributed by atoms with Crippen LogP contribution in [-0.2, 0) is 10.9 Å². The molecule has 1 aliphatic heterocycles. The third-order valence-corrected chi connectivity index (χ3v) is 5.91. The molecule has 1 heterocycles. The van der Waals surface area contributed by atoms with E-state index in [2.05, 4.69) is 53.5 Å². The third kappa shape index (κ3) is 5.20. The Labute approximate surface area is 180 Å². The predicted molar refractivity (Wildman–Crippen MR) is 118 cm³/mol. The van der Waals surface area contributed by atoms with Gasteiger partial charge in [0.2, 0.25) is 0 Å². The highest BCUT2D eigenvalue weighted by Crippen LogP contribution is 2.31. The van der Waals surface area contributed by atoms with Gasteiger partial charge in [-0.1, -0.05) is 42.5 Å². The van der Waals surface area contributed by atoms with Crippen molar-refractivity contribution < 1.29 is 17.9 Å². The van der Waals surface area contributed by atoms with Gasteiger partial charge in [0.25, 0.3) is 0 Å². The van der Waals surface area contributed by atoms with Crippen molar-refractivity contribution >= 4 is 16.5 Å². The lowest BCUT2D eigenvalue weighted by molar-refractivity contribution is -0.137. The summed E-state index contributed by atoms with van der Waals surface area (Å²) in [7, 11) is 0. The first kappa shape index (κ1) is 21.7. The molecule has 3 aromatic rings. The lowest BCUT2D eigenvalue weighted by Gasteiger charge is -2.35. The summed E-state index contributed by atoms with van der Waals surface area (Å²) in [6, 6.07) is 20.3. The van der Waals surface area contributed by atoms with Gasteiger partial charge in [-0.25, -0.2) is 0 Å². The maximum atomic E-state index is 12.8. The number of nitrogens with zero attached hydrogens (tertiary/aromatic N) is 1. The number of hydrogen-bond acceptors (Lipinski definition) is 3. The van der Waals surface area contributed by atoms with E-state index in [1.54, 1.807) is 12.1 Å². The van der Waals surface area contributed by atoms with Gasteiger partial charge in [-0.2, -0.15) is 13.2 Å². The molecule has 0 spiro atoms. The summed E-state index contributed by atoms with van der Waals surface area (Å²) in [6.07, 6.45) is -3.42. The highest BCUT2D eigenvalue weighted by molar-refractivity contribution is 5.86. The monoisotopic (exact) mass is 428 g/mol. The molecule has 2 unspecified atom stereocenters. The molecule has 164 valence electrons. The summed E-state index contributed by atoms with van der Waals surface area (Å²) in [5, 5.41) is 6.08. The summed E-state index contributed by atoms with van der Waals surface area (Å²) in [5.41, 5.74) is 1.46. The van der Waals surface area contributed by atoms with Gasteiger partial charge in [0.05, 0.1) is 18.3 Å². The molecule has 0 aliphatic carbocycles. The first-order chi connectivity index (χ1) is 14.9. The fourth-order valence-electron chi connectivity index (χ4n) is 4.19. The van der Waals surface area contributed by atoms with Crippen LogP contribution in [0.2, 0.25) is 0 Å². The van der Waals surface area contributed by atoms with Crippen molar-refractivity contribution in [3.8, 4) is 0 Å². The largest absolute Gasteiger partial charge is 0.416 e. The quantitative estimate of drug-likeness (QED) is 0.537. The van der Waals surface area contributed by atoms with Crippen molar-refractivity contribution in [1.82, 2.24) is 5.32 Å². The molecule has 1 saturated heterocycles. The molecule has 4 rings (SSSR count). The summed E-state index contributed by atoms with van der Waals surface area (Å²) >= 11 is 0. The van der Waals surface area contributed by atoms with Crippen LogP contribution in [-0.4, -0.2) is 32.3 Å². The van der Waals surface area contributed by atoms with Crippen LogP contribution in [0.5, 0.6) is 0 Å². The number of halogens is 3. The van der Waals surface area contributed by atoms with E-state index in [4.69, 9.17) is 4.74 Å². The Bertz CT molecular complexity index is 998. The number of nitrogens with one attached hydrogen (secondary N) is 1. The van der Waals surface area contributed by atoms with Crippen LogP contribution in [0.15, 0.2) is 66.7 Å². The summed E-state index contributed by atoms with van der Waals surface area (Å²) < 4.78 is 44.3. The van der Waals surface area contributed by atoms with Crippen LogP contribution in [0.1, 0.15) is 30.5 Å². The van der Waals surface area contributed by atoms with Crippen molar-refractivity contribution in [3.63, 3.8) is 0 Å². The van der Waals surface area contributed by atoms with Crippen LogP contribution in [0.25, 0.3) is 10.8 Å². The van der Waals surface area contributed by atoms with Crippen molar-refractivity contribution in [2.75, 3.05) is 31.1 Å². The molecule has 6 heteroatoms. The van der Waals surface area contributed by atoms with E-state index in [1.807, 2.05) is 6.07 Å². The lowest BCUT2D eigenvalue weighted by Crippen LogP contribution is -2.43. The molecule has 3 aromatic carbocycles. The van der Waals surface area contributed by atoms with Crippen LogP contribution in [0.4, 0.5) is 18.9 Å². The minimum atomic E-state index is -4.31. The van der Waals surface area contributed by atoms with Gasteiger partial charge in [-0.3, -0.25) is 0 Å². The molecule has 3 nitrogen and oxygen atoms in total. The van der Waals surface area contributed by atoms with Crippen molar-refractivity contribution in [2.24, 2.45) is 0 Å². The van der Waals surface area contributed by atoms with E-state index in [1.165, 1.54) is 16.3 Å². The average molecular weight is 428 g/mol. The van der Waals surface area contributed by atoms with E-state index in [9.17, 15) is 13.2 Å². The van der Waals surface area contributed by atoms with Gasteiger partial charge in [-0.15, -0.1) is 0 Å². The molecule has 1 aliphatic rings. The number of hydrogen-bond donors (Lipinski definition) is 1. The molecular weight excluding hydrogens is 401 g/mol. The highest BCUT2D eigenvalue weighted by Gasteiger charge is 2.30. The molecular formula is C25H27F3N2O. The summed E-state index contributed by atoms with van der Waals surface area (Å²) in [6.45, 7) is 4.90. The van der Waals surface area contributed by atoms with Crippen molar-refractivity contribution in [2.45, 2.75) is 31.7 Å². The molecule has 0 radical (unpaired) electrons. The zero-order chi connectivity index (χ0) is 21.8. The van der Waals surface area contributed by atoms with Crippen LogP contribution in [0.3, 0.4) is 0 Å². The van der Waals surface area contributed by atoms with Gasteiger partial charge >= 0.3 is 6.18 Å². The van der Waals surface area contributed by atoms with E-state index in [-0.39, 0.29) is 12.1 Å². The molecule has 0 bridgehead atoms. The zero-order valence-electron chi connectivity index (χ0n) is 17.5. The Hall–Kier alpha value is -2.57. The molecule has 1 N–H and O–H groups in total. The van der Waals surface area contributed by atoms with Gasteiger partial charge in [0, 0.05) is 24.8 Å².